The van der Waals surface area contributed by atoms with Gasteiger partial charge >= 0.3 is 0 Å². The van der Waals surface area contributed by atoms with Crippen molar-refractivity contribution in [2.24, 2.45) is 0 Å². The van der Waals surface area contributed by atoms with Crippen molar-refractivity contribution in [2.75, 3.05) is 7.11 Å². The normalized spacial score (nSPS) is 11.8. The van der Waals surface area contributed by atoms with Crippen molar-refractivity contribution < 1.29 is 9.47 Å². The van der Waals surface area contributed by atoms with Gasteiger partial charge in [0, 0.05) is 5.56 Å². The molecule has 6 nitrogen and oxygen atoms in total. The summed E-state index contributed by atoms with van der Waals surface area (Å²) in [6, 6.07) is 23.5. The van der Waals surface area contributed by atoms with E-state index >= 15 is 0 Å². The molecule has 0 atom stereocenters. The molecule has 0 N–H and O–H groups in total. The molecule has 164 valence electrons. The van der Waals surface area contributed by atoms with Crippen LogP contribution in [0.25, 0.3) is 22.4 Å². The standard InChI is InChI=1S/C26H21N3O3S/c1-17-8-11-20(12-9-17)24-27-26-29(28-24)25(30)23(33-26)15-19-10-13-21(22(14-19)31-2)32-16-18-6-4-3-5-7-18/h3-15H,16H2,1-2H3/b23-15-. The lowest BCUT2D eigenvalue weighted by molar-refractivity contribution is 0.284. The first-order chi connectivity index (χ1) is 16.1. The minimum Gasteiger partial charge on any atom is -0.493 e. The van der Waals surface area contributed by atoms with Crippen molar-refractivity contribution in [3.8, 4) is 22.9 Å². The van der Waals surface area contributed by atoms with E-state index in [1.807, 2.05) is 85.8 Å². The van der Waals surface area contributed by atoms with E-state index in [4.69, 9.17) is 9.47 Å². The zero-order valence-electron chi connectivity index (χ0n) is 18.2. The van der Waals surface area contributed by atoms with Gasteiger partial charge in [0.2, 0.25) is 4.96 Å². The third kappa shape index (κ3) is 4.36. The number of fused-ring (bicyclic) bond motifs is 1. The first kappa shape index (κ1) is 20.9. The van der Waals surface area contributed by atoms with Crippen LogP contribution in [-0.4, -0.2) is 21.7 Å². The minimum absolute atomic E-state index is 0.191. The summed E-state index contributed by atoms with van der Waals surface area (Å²) in [4.78, 5) is 18.0. The Kier molecular flexibility index (Phi) is 5.62. The van der Waals surface area contributed by atoms with Crippen LogP contribution in [-0.2, 0) is 6.61 Å². The van der Waals surface area contributed by atoms with Crippen LogP contribution in [0.15, 0.2) is 77.6 Å². The van der Waals surface area contributed by atoms with Crippen LogP contribution in [0.4, 0.5) is 0 Å². The summed E-state index contributed by atoms with van der Waals surface area (Å²) in [7, 11) is 1.60. The van der Waals surface area contributed by atoms with Crippen LogP contribution in [0, 0.1) is 6.92 Å². The van der Waals surface area contributed by atoms with Gasteiger partial charge in [0.05, 0.1) is 11.6 Å². The Balaban J connectivity index is 1.42. The summed E-state index contributed by atoms with van der Waals surface area (Å²) in [6.07, 6.45) is 1.82. The van der Waals surface area contributed by atoms with Crippen molar-refractivity contribution in [3.63, 3.8) is 0 Å². The molecular formula is C26H21N3O3S. The molecule has 0 saturated heterocycles. The smallest absolute Gasteiger partial charge is 0.291 e. The number of benzene rings is 3. The average Bonchev–Trinajstić information content (AvgIpc) is 3.38. The van der Waals surface area contributed by atoms with E-state index in [1.54, 1.807) is 7.11 Å². The van der Waals surface area contributed by atoms with Gasteiger partial charge in [-0.15, -0.1) is 5.10 Å². The van der Waals surface area contributed by atoms with Gasteiger partial charge in [0.1, 0.15) is 6.61 Å². The first-order valence-corrected chi connectivity index (χ1v) is 11.3. The maximum atomic E-state index is 12.9. The van der Waals surface area contributed by atoms with E-state index in [1.165, 1.54) is 15.9 Å². The molecule has 33 heavy (non-hydrogen) atoms. The molecule has 2 aromatic heterocycles. The molecule has 0 unspecified atom stereocenters. The third-order valence-electron chi connectivity index (χ3n) is 5.21. The van der Waals surface area contributed by atoms with Gasteiger partial charge in [-0.2, -0.15) is 9.50 Å². The Morgan fingerprint density at radius 2 is 1.79 bits per heavy atom. The molecule has 3 aromatic carbocycles. The highest BCUT2D eigenvalue weighted by Gasteiger charge is 2.12. The summed E-state index contributed by atoms with van der Waals surface area (Å²) in [5, 5.41) is 4.41. The van der Waals surface area contributed by atoms with Gasteiger partial charge in [0.25, 0.3) is 5.56 Å². The van der Waals surface area contributed by atoms with Gasteiger partial charge < -0.3 is 9.47 Å². The van der Waals surface area contributed by atoms with E-state index < -0.39 is 0 Å². The number of aryl methyl sites for hydroxylation is 1. The Labute approximate surface area is 194 Å². The van der Waals surface area contributed by atoms with E-state index in [0.29, 0.717) is 33.4 Å². The zero-order valence-corrected chi connectivity index (χ0v) is 19.0. The number of aromatic nitrogens is 3. The van der Waals surface area contributed by atoms with Crippen LogP contribution in [0.1, 0.15) is 16.7 Å². The molecule has 0 aliphatic carbocycles. The summed E-state index contributed by atoms with van der Waals surface area (Å²) in [5.41, 5.74) is 3.76. The molecular weight excluding hydrogens is 434 g/mol. The SMILES string of the molecule is COc1cc(/C=c2\sc3nc(-c4ccc(C)cc4)nn3c2=O)ccc1OCc1ccccc1. The molecule has 2 heterocycles. The van der Waals surface area contributed by atoms with Crippen molar-refractivity contribution in [3.05, 3.63) is 104 Å². The largest absolute Gasteiger partial charge is 0.493 e. The number of ether oxygens (including phenoxy) is 2. The zero-order chi connectivity index (χ0) is 22.8. The van der Waals surface area contributed by atoms with Gasteiger partial charge in [0.15, 0.2) is 17.3 Å². The monoisotopic (exact) mass is 455 g/mol. The first-order valence-electron chi connectivity index (χ1n) is 10.4. The molecule has 0 aliphatic rings. The molecule has 0 aliphatic heterocycles. The van der Waals surface area contributed by atoms with Gasteiger partial charge in [-0.25, -0.2) is 0 Å². The fourth-order valence-electron chi connectivity index (χ4n) is 3.44. The molecule has 5 aromatic rings. The topological polar surface area (TPSA) is 65.7 Å². The van der Waals surface area contributed by atoms with Crippen LogP contribution in [0.3, 0.4) is 0 Å². The van der Waals surface area contributed by atoms with Crippen LogP contribution in [0.5, 0.6) is 11.5 Å². The Hall–Kier alpha value is -3.97. The number of hydrogen-bond acceptors (Lipinski definition) is 6. The highest BCUT2D eigenvalue weighted by molar-refractivity contribution is 7.15. The summed E-state index contributed by atoms with van der Waals surface area (Å²) >= 11 is 1.31. The predicted octanol–water partition coefficient (Wildman–Crippen LogP) is 4.26. The van der Waals surface area contributed by atoms with Crippen LogP contribution < -0.4 is 19.6 Å². The lowest BCUT2D eigenvalue weighted by atomic mass is 10.1. The highest BCUT2D eigenvalue weighted by atomic mass is 32.1. The highest BCUT2D eigenvalue weighted by Crippen LogP contribution is 2.29. The van der Waals surface area contributed by atoms with Gasteiger partial charge in [-0.3, -0.25) is 4.79 Å². The molecule has 0 saturated carbocycles. The fourth-order valence-corrected chi connectivity index (χ4v) is 4.35. The number of rotatable bonds is 6. The lowest BCUT2D eigenvalue weighted by Crippen LogP contribution is -2.23. The fraction of sp³-hybridized carbons (Fsp3) is 0.115. The Bertz CT molecular complexity index is 1520. The second-order valence-electron chi connectivity index (χ2n) is 7.60. The molecule has 0 bridgehead atoms. The Morgan fingerprint density at radius 1 is 1.00 bits per heavy atom. The summed E-state index contributed by atoms with van der Waals surface area (Å²) in [6.45, 7) is 2.47. The minimum atomic E-state index is -0.191. The van der Waals surface area contributed by atoms with Crippen molar-refractivity contribution in [1.29, 1.82) is 0 Å². The summed E-state index contributed by atoms with van der Waals surface area (Å²) < 4.78 is 13.3. The van der Waals surface area contributed by atoms with Crippen molar-refractivity contribution >= 4 is 22.4 Å². The molecule has 0 radical (unpaired) electrons. The predicted molar refractivity (Wildman–Crippen MR) is 130 cm³/mol. The Morgan fingerprint density at radius 3 is 2.52 bits per heavy atom. The second-order valence-corrected chi connectivity index (χ2v) is 8.61. The average molecular weight is 456 g/mol. The number of methoxy groups -OCH3 is 1. The van der Waals surface area contributed by atoms with E-state index in [-0.39, 0.29) is 5.56 Å². The summed E-state index contributed by atoms with van der Waals surface area (Å²) in [5.74, 6) is 1.80. The lowest BCUT2D eigenvalue weighted by Gasteiger charge is -2.11. The van der Waals surface area contributed by atoms with Gasteiger partial charge in [-0.05, 0) is 36.3 Å². The molecule has 0 spiro atoms. The second kappa shape index (κ2) is 8.88. The van der Waals surface area contributed by atoms with Crippen LogP contribution >= 0.6 is 11.3 Å². The van der Waals surface area contributed by atoms with E-state index in [0.717, 1.165) is 22.3 Å². The number of nitrogens with zero attached hydrogens (tertiary/aromatic N) is 3. The maximum Gasteiger partial charge on any atom is 0.291 e. The molecule has 0 fully saturated rings. The molecule has 5 rings (SSSR count). The van der Waals surface area contributed by atoms with Crippen molar-refractivity contribution in [2.45, 2.75) is 13.5 Å². The molecule has 0 amide bonds. The molecule has 7 heteroatoms. The van der Waals surface area contributed by atoms with Gasteiger partial charge in [-0.1, -0.05) is 77.6 Å². The number of hydrogen-bond donors (Lipinski definition) is 0. The quantitative estimate of drug-likeness (QED) is 0.383. The van der Waals surface area contributed by atoms with Crippen LogP contribution in [0.2, 0.25) is 0 Å². The maximum absolute atomic E-state index is 12.9. The van der Waals surface area contributed by atoms with Crippen molar-refractivity contribution in [1.82, 2.24) is 14.6 Å². The number of thiazole rings is 1. The van der Waals surface area contributed by atoms with E-state index in [2.05, 4.69) is 10.1 Å². The van der Waals surface area contributed by atoms with E-state index in [9.17, 15) is 4.79 Å². The third-order valence-corrected chi connectivity index (χ3v) is 6.17.